The van der Waals surface area contributed by atoms with Crippen molar-refractivity contribution in [1.29, 1.82) is 10.5 Å². The Labute approximate surface area is 133 Å². The van der Waals surface area contributed by atoms with Gasteiger partial charge < -0.3 is 10.2 Å². The number of hydrogen-bond donors (Lipinski definition) is 1. The number of carbonyl (C=O) groups excluding carboxylic acids is 1. The van der Waals surface area contributed by atoms with Crippen LogP contribution in [0.2, 0.25) is 0 Å². The van der Waals surface area contributed by atoms with Crippen LogP contribution >= 0.6 is 0 Å². The Kier molecular flexibility index (Phi) is 4.91. The molecule has 2 amide bonds. The van der Waals surface area contributed by atoms with Crippen LogP contribution < -0.4 is 5.32 Å². The highest BCUT2D eigenvalue weighted by molar-refractivity contribution is 5.90. The summed E-state index contributed by atoms with van der Waals surface area (Å²) in [4.78, 5) is 13.6. The van der Waals surface area contributed by atoms with Gasteiger partial charge in [-0.15, -0.1) is 0 Å². The Morgan fingerprint density at radius 3 is 2.48 bits per heavy atom. The zero-order valence-electron chi connectivity index (χ0n) is 12.4. The molecule has 0 aromatic heterocycles. The number of amides is 2. The summed E-state index contributed by atoms with van der Waals surface area (Å²) >= 11 is 0. The SMILES string of the molecule is CN(Cc1ccc(C#N)cc1)C(=O)Nc1ccc(F)cc1C#N. The summed E-state index contributed by atoms with van der Waals surface area (Å²) < 4.78 is 13.1. The maximum atomic E-state index is 13.1. The third-order valence-electron chi connectivity index (χ3n) is 3.19. The number of nitriles is 2. The van der Waals surface area contributed by atoms with Gasteiger partial charge in [-0.3, -0.25) is 0 Å². The lowest BCUT2D eigenvalue weighted by Gasteiger charge is -2.18. The van der Waals surface area contributed by atoms with Gasteiger partial charge in [0, 0.05) is 13.6 Å². The van der Waals surface area contributed by atoms with Crippen LogP contribution in [-0.4, -0.2) is 18.0 Å². The second kappa shape index (κ2) is 7.06. The first-order valence-corrected chi connectivity index (χ1v) is 6.74. The Morgan fingerprint density at radius 1 is 1.17 bits per heavy atom. The highest BCUT2D eigenvalue weighted by Gasteiger charge is 2.12. The number of halogens is 1. The monoisotopic (exact) mass is 308 g/mol. The predicted molar refractivity (Wildman–Crippen MR) is 82.8 cm³/mol. The fourth-order valence-corrected chi connectivity index (χ4v) is 1.96. The summed E-state index contributed by atoms with van der Waals surface area (Å²) in [6, 6.07) is 13.9. The van der Waals surface area contributed by atoms with E-state index in [1.54, 1.807) is 31.3 Å². The highest BCUT2D eigenvalue weighted by Crippen LogP contribution is 2.17. The fraction of sp³-hybridized carbons (Fsp3) is 0.118. The molecule has 6 heteroatoms. The van der Waals surface area contributed by atoms with Crippen molar-refractivity contribution >= 4 is 11.7 Å². The molecule has 0 saturated carbocycles. The van der Waals surface area contributed by atoms with Gasteiger partial charge in [0.1, 0.15) is 11.9 Å². The first-order chi connectivity index (χ1) is 11.0. The molecular weight excluding hydrogens is 295 g/mol. The second-order valence-electron chi connectivity index (χ2n) is 4.90. The van der Waals surface area contributed by atoms with Crippen LogP contribution in [-0.2, 0) is 6.54 Å². The smallest absolute Gasteiger partial charge is 0.321 e. The molecule has 0 aliphatic heterocycles. The molecular formula is C17H13FN4O. The second-order valence-corrected chi connectivity index (χ2v) is 4.90. The molecule has 0 aliphatic rings. The Hall–Kier alpha value is -3.38. The minimum atomic E-state index is -0.537. The van der Waals surface area contributed by atoms with Crippen molar-refractivity contribution in [3.05, 3.63) is 65.0 Å². The van der Waals surface area contributed by atoms with Crippen molar-refractivity contribution in [3.63, 3.8) is 0 Å². The largest absolute Gasteiger partial charge is 0.323 e. The molecule has 2 aromatic carbocycles. The minimum Gasteiger partial charge on any atom is -0.323 e. The number of hydrogen-bond acceptors (Lipinski definition) is 3. The number of anilines is 1. The fourth-order valence-electron chi connectivity index (χ4n) is 1.96. The van der Waals surface area contributed by atoms with Gasteiger partial charge in [0.25, 0.3) is 0 Å². The lowest BCUT2D eigenvalue weighted by molar-refractivity contribution is 0.220. The summed E-state index contributed by atoms with van der Waals surface area (Å²) in [5.74, 6) is -0.537. The molecule has 0 radical (unpaired) electrons. The van der Waals surface area contributed by atoms with Gasteiger partial charge >= 0.3 is 6.03 Å². The quantitative estimate of drug-likeness (QED) is 0.945. The van der Waals surface area contributed by atoms with E-state index in [0.29, 0.717) is 12.1 Å². The van der Waals surface area contributed by atoms with E-state index >= 15 is 0 Å². The van der Waals surface area contributed by atoms with E-state index in [0.717, 1.165) is 11.6 Å². The van der Waals surface area contributed by atoms with Crippen LogP contribution in [0, 0.1) is 28.5 Å². The molecule has 0 unspecified atom stereocenters. The summed E-state index contributed by atoms with van der Waals surface area (Å²) in [7, 11) is 1.60. The van der Waals surface area contributed by atoms with Gasteiger partial charge in [0.2, 0.25) is 0 Å². The number of urea groups is 1. The number of rotatable bonds is 3. The maximum Gasteiger partial charge on any atom is 0.321 e. The van der Waals surface area contributed by atoms with Crippen molar-refractivity contribution in [3.8, 4) is 12.1 Å². The van der Waals surface area contributed by atoms with Gasteiger partial charge in [0.15, 0.2) is 0 Å². The molecule has 0 bridgehead atoms. The highest BCUT2D eigenvalue weighted by atomic mass is 19.1. The lowest BCUT2D eigenvalue weighted by Crippen LogP contribution is -2.31. The van der Waals surface area contributed by atoms with Crippen molar-refractivity contribution in [1.82, 2.24) is 4.90 Å². The van der Waals surface area contributed by atoms with E-state index in [1.165, 1.54) is 17.0 Å². The van der Waals surface area contributed by atoms with Gasteiger partial charge in [-0.1, -0.05) is 12.1 Å². The lowest BCUT2D eigenvalue weighted by atomic mass is 10.1. The number of nitrogens with one attached hydrogen (secondary N) is 1. The van der Waals surface area contributed by atoms with E-state index in [9.17, 15) is 9.18 Å². The van der Waals surface area contributed by atoms with E-state index in [2.05, 4.69) is 5.32 Å². The Balaban J connectivity index is 2.05. The molecule has 0 atom stereocenters. The van der Waals surface area contributed by atoms with Crippen LogP contribution in [0.5, 0.6) is 0 Å². The van der Waals surface area contributed by atoms with Crippen molar-refractivity contribution in [2.75, 3.05) is 12.4 Å². The molecule has 0 aliphatic carbocycles. The molecule has 0 heterocycles. The third kappa shape index (κ3) is 4.05. The van der Waals surface area contributed by atoms with E-state index in [-0.39, 0.29) is 11.3 Å². The average Bonchev–Trinajstić information content (AvgIpc) is 2.57. The van der Waals surface area contributed by atoms with E-state index in [1.807, 2.05) is 12.1 Å². The number of benzene rings is 2. The van der Waals surface area contributed by atoms with E-state index < -0.39 is 11.8 Å². The van der Waals surface area contributed by atoms with Crippen molar-refractivity contribution < 1.29 is 9.18 Å². The molecule has 2 rings (SSSR count). The molecule has 2 aromatic rings. The van der Waals surface area contributed by atoms with Crippen LogP contribution in [0.15, 0.2) is 42.5 Å². The average molecular weight is 308 g/mol. The number of nitrogens with zero attached hydrogens (tertiary/aromatic N) is 3. The van der Waals surface area contributed by atoms with Crippen LogP contribution in [0.25, 0.3) is 0 Å². The maximum absolute atomic E-state index is 13.1. The zero-order valence-corrected chi connectivity index (χ0v) is 12.4. The van der Waals surface area contributed by atoms with Crippen molar-refractivity contribution in [2.24, 2.45) is 0 Å². The summed E-state index contributed by atoms with van der Waals surface area (Å²) in [6.45, 7) is 0.334. The molecule has 23 heavy (non-hydrogen) atoms. The van der Waals surface area contributed by atoms with Gasteiger partial charge in [0.05, 0.1) is 22.9 Å². The predicted octanol–water partition coefficient (Wildman–Crippen LogP) is 3.23. The summed E-state index contributed by atoms with van der Waals surface area (Å²) in [5, 5.41) is 20.3. The normalized spacial score (nSPS) is 9.57. The summed E-state index contributed by atoms with van der Waals surface area (Å²) in [5.41, 5.74) is 1.72. The van der Waals surface area contributed by atoms with Crippen LogP contribution in [0.1, 0.15) is 16.7 Å². The van der Waals surface area contributed by atoms with Gasteiger partial charge in [-0.25, -0.2) is 9.18 Å². The molecule has 114 valence electrons. The first-order valence-electron chi connectivity index (χ1n) is 6.74. The molecule has 0 saturated heterocycles. The van der Waals surface area contributed by atoms with E-state index in [4.69, 9.17) is 10.5 Å². The standard InChI is InChI=1S/C17H13FN4O/c1-22(11-13-4-2-12(9-19)3-5-13)17(23)21-16-7-6-15(18)8-14(16)10-20/h2-8H,11H2,1H3,(H,21,23). The molecule has 0 fully saturated rings. The van der Waals surface area contributed by atoms with Gasteiger partial charge in [-0.2, -0.15) is 10.5 Å². The summed E-state index contributed by atoms with van der Waals surface area (Å²) in [6.07, 6.45) is 0. The topological polar surface area (TPSA) is 79.9 Å². The molecule has 1 N–H and O–H groups in total. The van der Waals surface area contributed by atoms with Crippen molar-refractivity contribution in [2.45, 2.75) is 6.54 Å². The third-order valence-corrected chi connectivity index (χ3v) is 3.19. The molecule has 5 nitrogen and oxygen atoms in total. The van der Waals surface area contributed by atoms with Crippen LogP contribution in [0.3, 0.4) is 0 Å². The first kappa shape index (κ1) is 16.0. The Morgan fingerprint density at radius 2 is 1.87 bits per heavy atom. The van der Waals surface area contributed by atoms with Crippen LogP contribution in [0.4, 0.5) is 14.9 Å². The van der Waals surface area contributed by atoms with Gasteiger partial charge in [-0.05, 0) is 35.9 Å². The molecule has 0 spiro atoms. The minimum absolute atomic E-state index is 0.0603. The Bertz CT molecular complexity index is 803. The number of carbonyl (C=O) groups is 1. The zero-order chi connectivity index (χ0) is 16.8.